The zero-order chi connectivity index (χ0) is 12.3. The van der Waals surface area contributed by atoms with Crippen molar-refractivity contribution < 1.29 is 8.95 Å². The summed E-state index contributed by atoms with van der Waals surface area (Å²) in [5.74, 6) is 1.54. The van der Waals surface area contributed by atoms with Crippen LogP contribution in [0.4, 0.5) is 0 Å². The number of benzene rings is 1. The zero-order valence-electron chi connectivity index (χ0n) is 10.3. The molecule has 1 aliphatic heterocycles. The Morgan fingerprint density at radius 2 is 2.06 bits per heavy atom. The minimum Gasteiger partial charge on any atom is -0.500 e. The van der Waals surface area contributed by atoms with Crippen LogP contribution in [0, 0.1) is 5.41 Å². The lowest BCUT2D eigenvalue weighted by Crippen LogP contribution is -2.45. The third kappa shape index (κ3) is 3.19. The van der Waals surface area contributed by atoms with Gasteiger partial charge in [-0.25, -0.2) is 0 Å². The van der Waals surface area contributed by atoms with Gasteiger partial charge in [-0.15, -0.1) is 0 Å². The molecule has 0 N–H and O–H groups in total. The topological polar surface area (TPSA) is 26.3 Å². The van der Waals surface area contributed by atoms with Crippen molar-refractivity contribution in [2.75, 3.05) is 18.1 Å². The van der Waals surface area contributed by atoms with Crippen LogP contribution in [-0.4, -0.2) is 22.3 Å². The maximum absolute atomic E-state index is 11.1. The van der Waals surface area contributed by atoms with Crippen LogP contribution in [0.25, 0.3) is 5.57 Å². The van der Waals surface area contributed by atoms with Crippen molar-refractivity contribution in [1.82, 2.24) is 0 Å². The van der Waals surface area contributed by atoms with Gasteiger partial charge >= 0.3 is 0 Å². The second-order valence-electron chi connectivity index (χ2n) is 5.02. The summed E-state index contributed by atoms with van der Waals surface area (Å²) in [4.78, 5) is 0. The number of hydrogen-bond acceptors (Lipinski definition) is 2. The monoisotopic (exact) mass is 250 g/mol. The lowest BCUT2D eigenvalue weighted by molar-refractivity contribution is 0.148. The first kappa shape index (κ1) is 12.4. The van der Waals surface area contributed by atoms with Crippen molar-refractivity contribution in [3.05, 3.63) is 42.2 Å². The van der Waals surface area contributed by atoms with Gasteiger partial charge in [0.2, 0.25) is 0 Å². The molecular formula is C14H18O2S. The fourth-order valence-electron chi connectivity index (χ4n) is 1.96. The van der Waals surface area contributed by atoms with Crippen LogP contribution in [0.2, 0.25) is 0 Å². The molecule has 1 aromatic carbocycles. The van der Waals surface area contributed by atoms with Gasteiger partial charge in [-0.05, 0) is 18.1 Å². The Bertz CT molecular complexity index is 429. The Morgan fingerprint density at radius 3 is 2.65 bits per heavy atom. The zero-order valence-corrected chi connectivity index (χ0v) is 11.1. The maximum atomic E-state index is 11.1. The molecular weight excluding hydrogens is 232 g/mol. The first-order valence-corrected chi connectivity index (χ1v) is 7.27. The predicted molar refractivity (Wildman–Crippen MR) is 72.0 cm³/mol. The molecule has 17 heavy (non-hydrogen) atoms. The van der Waals surface area contributed by atoms with Crippen LogP contribution in [0.1, 0.15) is 19.4 Å². The van der Waals surface area contributed by atoms with E-state index in [1.54, 1.807) is 0 Å². The molecule has 3 heteroatoms. The lowest BCUT2D eigenvalue weighted by atomic mass is 9.96. The van der Waals surface area contributed by atoms with Crippen LogP contribution in [-0.2, 0) is 15.5 Å². The van der Waals surface area contributed by atoms with Crippen LogP contribution < -0.4 is 0 Å². The van der Waals surface area contributed by atoms with Crippen LogP contribution in [0.15, 0.2) is 36.6 Å². The first-order valence-electron chi connectivity index (χ1n) is 5.78. The fourth-order valence-corrected chi connectivity index (χ4v) is 3.59. The summed E-state index contributed by atoms with van der Waals surface area (Å²) >= 11 is 0. The molecule has 1 aliphatic rings. The average molecular weight is 250 g/mol. The molecule has 0 spiro atoms. The third-order valence-electron chi connectivity index (χ3n) is 2.94. The number of ether oxygens (including phenoxy) is 1. The smallest absolute Gasteiger partial charge is 0.0944 e. The summed E-state index contributed by atoms with van der Waals surface area (Å²) in [6.07, 6.45) is 1.81. The van der Waals surface area contributed by atoms with Gasteiger partial charge in [-0.2, -0.15) is 0 Å². The molecule has 2 nitrogen and oxygen atoms in total. The maximum Gasteiger partial charge on any atom is 0.0944 e. The molecule has 0 bridgehead atoms. The quantitative estimate of drug-likeness (QED) is 0.768. The van der Waals surface area contributed by atoms with Crippen molar-refractivity contribution in [2.45, 2.75) is 13.8 Å². The molecule has 0 radical (unpaired) electrons. The Kier molecular flexibility index (Phi) is 3.67. The summed E-state index contributed by atoms with van der Waals surface area (Å²) in [6.45, 7) is 4.82. The number of hydrogen-bond donors (Lipinski definition) is 0. The molecule has 92 valence electrons. The molecule has 0 aromatic heterocycles. The van der Waals surface area contributed by atoms with Crippen LogP contribution in [0.5, 0.6) is 0 Å². The molecule has 1 fully saturated rings. The molecule has 0 atom stereocenters. The molecule has 0 unspecified atom stereocenters. The highest BCUT2D eigenvalue weighted by molar-refractivity contribution is 7.86. The summed E-state index contributed by atoms with van der Waals surface area (Å²) < 4.78 is 16.7. The highest BCUT2D eigenvalue weighted by Crippen LogP contribution is 2.30. The Labute approximate surface area is 105 Å². The van der Waals surface area contributed by atoms with E-state index < -0.39 is 10.8 Å². The minimum atomic E-state index is -0.612. The van der Waals surface area contributed by atoms with E-state index in [1.807, 2.05) is 31.4 Å². The molecule has 2 rings (SSSR count). The molecule has 0 aliphatic carbocycles. The first-order chi connectivity index (χ1) is 8.09. The Hall–Kier alpha value is -1.09. The summed E-state index contributed by atoms with van der Waals surface area (Å²) in [5, 5.41) is 0. The van der Waals surface area contributed by atoms with Gasteiger partial charge in [0.15, 0.2) is 0 Å². The van der Waals surface area contributed by atoms with Crippen LogP contribution in [0.3, 0.4) is 0 Å². The normalized spacial score (nSPS) is 28.6. The van der Waals surface area contributed by atoms with Crippen molar-refractivity contribution >= 4 is 16.4 Å². The van der Waals surface area contributed by atoms with Crippen LogP contribution >= 0.6 is 0 Å². The van der Waals surface area contributed by atoms with E-state index >= 15 is 0 Å². The van der Waals surface area contributed by atoms with Gasteiger partial charge in [0.05, 0.1) is 12.9 Å². The van der Waals surface area contributed by atoms with Gasteiger partial charge in [0.1, 0.15) is 0 Å². The van der Waals surface area contributed by atoms with E-state index in [4.69, 9.17) is 4.74 Å². The Balaban J connectivity index is 1.87. The van der Waals surface area contributed by atoms with Gasteiger partial charge in [-0.1, -0.05) is 37.3 Å². The van der Waals surface area contributed by atoms with E-state index in [2.05, 4.69) is 19.1 Å². The fraction of sp³-hybridized carbons (Fsp3) is 0.429. The van der Waals surface area contributed by atoms with Gasteiger partial charge in [-0.3, -0.25) is 4.21 Å². The van der Waals surface area contributed by atoms with Crippen molar-refractivity contribution in [1.29, 1.82) is 0 Å². The molecule has 1 heterocycles. The lowest BCUT2D eigenvalue weighted by Gasteiger charge is -2.36. The van der Waals surface area contributed by atoms with E-state index in [1.165, 1.54) is 5.56 Å². The van der Waals surface area contributed by atoms with Crippen molar-refractivity contribution in [2.24, 2.45) is 5.41 Å². The number of rotatable bonds is 4. The predicted octanol–water partition coefficient (Wildman–Crippen LogP) is 2.83. The largest absolute Gasteiger partial charge is 0.500 e. The van der Waals surface area contributed by atoms with Gasteiger partial charge in [0.25, 0.3) is 0 Å². The second kappa shape index (κ2) is 5.05. The number of allylic oxidation sites excluding steroid dienone is 1. The highest BCUT2D eigenvalue weighted by Gasteiger charge is 2.38. The second-order valence-corrected chi connectivity index (χ2v) is 6.47. The van der Waals surface area contributed by atoms with Crippen molar-refractivity contribution in [3.63, 3.8) is 0 Å². The SMILES string of the molecule is C/C(=C/OCC1(C)CS(=O)C1)c1ccccc1. The molecule has 1 saturated heterocycles. The average Bonchev–Trinajstić information content (AvgIpc) is 2.28. The molecule has 0 amide bonds. The minimum absolute atomic E-state index is 0.109. The molecule has 1 aromatic rings. The van der Waals surface area contributed by atoms with Crippen molar-refractivity contribution in [3.8, 4) is 0 Å². The van der Waals surface area contributed by atoms with E-state index in [0.717, 1.165) is 17.1 Å². The summed E-state index contributed by atoms with van der Waals surface area (Å²) in [5.41, 5.74) is 2.41. The standard InChI is InChI=1S/C14H18O2S/c1-12(13-6-4-3-5-7-13)8-16-9-14(2)10-17(15)11-14/h3-8H,9-11H2,1-2H3/b12-8-. The van der Waals surface area contributed by atoms with E-state index in [-0.39, 0.29) is 5.41 Å². The third-order valence-corrected chi connectivity index (χ3v) is 4.98. The highest BCUT2D eigenvalue weighted by atomic mass is 32.2. The van der Waals surface area contributed by atoms with E-state index in [9.17, 15) is 4.21 Å². The van der Waals surface area contributed by atoms with E-state index in [0.29, 0.717) is 6.61 Å². The van der Waals surface area contributed by atoms with Gasteiger partial charge in [0, 0.05) is 27.7 Å². The summed E-state index contributed by atoms with van der Waals surface area (Å²) in [6, 6.07) is 10.2. The van der Waals surface area contributed by atoms with Gasteiger partial charge < -0.3 is 4.74 Å². The molecule has 0 saturated carbocycles. The summed E-state index contributed by atoms with van der Waals surface area (Å²) in [7, 11) is -0.612. The Morgan fingerprint density at radius 1 is 1.41 bits per heavy atom.